The van der Waals surface area contributed by atoms with Crippen molar-refractivity contribution in [2.24, 2.45) is 0 Å². The van der Waals surface area contributed by atoms with Crippen molar-refractivity contribution in [1.82, 2.24) is 0 Å². The van der Waals surface area contributed by atoms with Crippen LogP contribution in [0.1, 0.15) is 33.6 Å². The van der Waals surface area contributed by atoms with Gasteiger partial charge in [0.1, 0.15) is 0 Å². The number of rotatable bonds is 0. The summed E-state index contributed by atoms with van der Waals surface area (Å²) in [5.41, 5.74) is 0.320. The van der Waals surface area contributed by atoms with Crippen LogP contribution in [0.3, 0.4) is 0 Å². The highest BCUT2D eigenvalue weighted by Crippen LogP contribution is 2.27. The molecule has 2 nitrogen and oxygen atoms in total. The van der Waals surface area contributed by atoms with Gasteiger partial charge in [0.25, 0.3) is 0 Å². The van der Waals surface area contributed by atoms with Crippen LogP contribution in [0.5, 0.6) is 0 Å². The van der Waals surface area contributed by atoms with Gasteiger partial charge in [0.2, 0.25) is 0 Å². The van der Waals surface area contributed by atoms with Crippen LogP contribution in [0, 0.1) is 0 Å². The number of hydrogen-bond donors (Lipinski definition) is 1. The SMILES string of the molecule is CC(C)(C)[N+]1(C)CCC(O)CC1. The molecule has 0 aromatic rings. The topological polar surface area (TPSA) is 20.2 Å². The summed E-state index contributed by atoms with van der Waals surface area (Å²) in [5.74, 6) is 0. The van der Waals surface area contributed by atoms with Gasteiger partial charge in [-0.1, -0.05) is 0 Å². The molecule has 0 atom stereocenters. The predicted molar refractivity (Wildman–Crippen MR) is 50.9 cm³/mol. The molecule has 1 fully saturated rings. The third-order valence-electron chi connectivity index (χ3n) is 3.53. The first kappa shape index (κ1) is 10.0. The van der Waals surface area contributed by atoms with Crippen molar-refractivity contribution in [3.63, 3.8) is 0 Å². The molecular formula is C10H22NO+. The molecule has 1 heterocycles. The Morgan fingerprint density at radius 2 is 1.58 bits per heavy atom. The van der Waals surface area contributed by atoms with Gasteiger partial charge >= 0.3 is 0 Å². The average Bonchev–Trinajstić information content (AvgIpc) is 1.93. The first-order valence-electron chi connectivity index (χ1n) is 4.88. The molecule has 0 aromatic heterocycles. The molecule has 0 bridgehead atoms. The van der Waals surface area contributed by atoms with Crippen LogP contribution in [0.15, 0.2) is 0 Å². The van der Waals surface area contributed by atoms with Crippen LogP contribution in [0.2, 0.25) is 0 Å². The van der Waals surface area contributed by atoms with Gasteiger partial charge in [-0.2, -0.15) is 0 Å². The van der Waals surface area contributed by atoms with E-state index in [2.05, 4.69) is 27.8 Å². The van der Waals surface area contributed by atoms with Crippen molar-refractivity contribution in [3.8, 4) is 0 Å². The number of piperidine rings is 1. The van der Waals surface area contributed by atoms with E-state index < -0.39 is 0 Å². The number of nitrogens with zero attached hydrogens (tertiary/aromatic N) is 1. The second-order valence-electron chi connectivity index (χ2n) is 5.25. The summed E-state index contributed by atoms with van der Waals surface area (Å²) in [4.78, 5) is 0. The molecule has 0 amide bonds. The molecule has 12 heavy (non-hydrogen) atoms. The summed E-state index contributed by atoms with van der Waals surface area (Å²) >= 11 is 0. The lowest BCUT2D eigenvalue weighted by Crippen LogP contribution is -2.61. The van der Waals surface area contributed by atoms with E-state index >= 15 is 0 Å². The Bertz CT molecular complexity index is 152. The molecule has 0 spiro atoms. The third kappa shape index (κ3) is 1.80. The monoisotopic (exact) mass is 172 g/mol. The lowest BCUT2D eigenvalue weighted by atomic mass is 9.96. The molecule has 1 aliphatic heterocycles. The fraction of sp³-hybridized carbons (Fsp3) is 1.00. The van der Waals surface area contributed by atoms with E-state index in [0.29, 0.717) is 5.54 Å². The van der Waals surface area contributed by atoms with Crippen LogP contribution < -0.4 is 0 Å². The summed E-state index contributed by atoms with van der Waals surface area (Å²) in [6.45, 7) is 9.08. The minimum Gasteiger partial charge on any atom is -0.393 e. The average molecular weight is 172 g/mol. The van der Waals surface area contributed by atoms with Crippen LogP contribution in [-0.4, -0.2) is 41.4 Å². The van der Waals surface area contributed by atoms with E-state index in [1.807, 2.05) is 0 Å². The van der Waals surface area contributed by atoms with E-state index in [4.69, 9.17) is 0 Å². The quantitative estimate of drug-likeness (QED) is 0.547. The lowest BCUT2D eigenvalue weighted by Gasteiger charge is -2.49. The van der Waals surface area contributed by atoms with Crippen molar-refractivity contribution < 1.29 is 9.59 Å². The van der Waals surface area contributed by atoms with Crippen molar-refractivity contribution in [1.29, 1.82) is 0 Å². The first-order chi connectivity index (χ1) is 5.35. The Labute approximate surface area is 75.8 Å². The maximum atomic E-state index is 9.40. The highest BCUT2D eigenvalue weighted by molar-refractivity contribution is 4.69. The molecule has 0 radical (unpaired) electrons. The zero-order chi connectivity index (χ0) is 9.41. The van der Waals surface area contributed by atoms with Gasteiger partial charge in [-0.25, -0.2) is 0 Å². The van der Waals surface area contributed by atoms with Gasteiger partial charge in [-0.05, 0) is 20.8 Å². The molecule has 1 saturated heterocycles. The highest BCUT2D eigenvalue weighted by atomic mass is 16.3. The number of aliphatic hydroxyl groups is 1. The van der Waals surface area contributed by atoms with Crippen molar-refractivity contribution in [2.75, 3.05) is 20.1 Å². The molecular weight excluding hydrogens is 150 g/mol. The molecule has 72 valence electrons. The molecule has 0 saturated carbocycles. The first-order valence-corrected chi connectivity index (χ1v) is 4.88. The molecule has 0 aromatic carbocycles. The van der Waals surface area contributed by atoms with Gasteiger partial charge in [0.05, 0.1) is 31.8 Å². The third-order valence-corrected chi connectivity index (χ3v) is 3.53. The van der Waals surface area contributed by atoms with Gasteiger partial charge in [0, 0.05) is 12.8 Å². The summed E-state index contributed by atoms with van der Waals surface area (Å²) in [6.07, 6.45) is 1.89. The lowest BCUT2D eigenvalue weighted by molar-refractivity contribution is -0.958. The summed E-state index contributed by atoms with van der Waals surface area (Å²) in [7, 11) is 2.30. The zero-order valence-corrected chi connectivity index (χ0v) is 8.80. The second kappa shape index (κ2) is 3.00. The summed E-state index contributed by atoms with van der Waals surface area (Å²) in [5, 5.41) is 9.40. The largest absolute Gasteiger partial charge is 0.393 e. The van der Waals surface area contributed by atoms with Gasteiger partial charge < -0.3 is 9.59 Å². The van der Waals surface area contributed by atoms with E-state index in [1.165, 1.54) is 0 Å². The van der Waals surface area contributed by atoms with E-state index in [0.717, 1.165) is 30.4 Å². The summed E-state index contributed by atoms with van der Waals surface area (Å²) in [6, 6.07) is 0. The van der Waals surface area contributed by atoms with Crippen molar-refractivity contribution in [3.05, 3.63) is 0 Å². The molecule has 2 heteroatoms. The van der Waals surface area contributed by atoms with Crippen molar-refractivity contribution >= 4 is 0 Å². The predicted octanol–water partition coefficient (Wildman–Crippen LogP) is 1.39. The summed E-state index contributed by atoms with van der Waals surface area (Å²) < 4.78 is 1.10. The number of aliphatic hydroxyl groups excluding tert-OH is 1. The molecule has 1 rings (SSSR count). The Morgan fingerprint density at radius 1 is 1.17 bits per heavy atom. The highest BCUT2D eigenvalue weighted by Gasteiger charge is 2.38. The second-order valence-corrected chi connectivity index (χ2v) is 5.25. The Hall–Kier alpha value is -0.0800. The van der Waals surface area contributed by atoms with E-state index in [9.17, 15) is 5.11 Å². The Morgan fingerprint density at radius 3 is 1.92 bits per heavy atom. The van der Waals surface area contributed by atoms with E-state index in [1.54, 1.807) is 0 Å². The molecule has 0 aliphatic carbocycles. The smallest absolute Gasteiger partial charge is 0.0905 e. The minimum absolute atomic E-state index is 0.0430. The van der Waals surface area contributed by atoms with E-state index in [-0.39, 0.29) is 6.10 Å². The Balaban J connectivity index is 2.62. The minimum atomic E-state index is -0.0430. The van der Waals surface area contributed by atoms with Crippen LogP contribution in [-0.2, 0) is 0 Å². The standard InChI is InChI=1S/C10H22NO/c1-10(2,3)11(4)7-5-9(12)6-8-11/h9,12H,5-8H2,1-4H3/q+1. The number of likely N-dealkylation sites (tertiary alicyclic amines) is 1. The normalized spacial score (nSPS) is 38.2. The van der Waals surface area contributed by atoms with Gasteiger partial charge in [0.15, 0.2) is 0 Å². The molecule has 0 unspecified atom stereocenters. The van der Waals surface area contributed by atoms with Crippen LogP contribution in [0.4, 0.5) is 0 Å². The molecule has 1 aliphatic rings. The fourth-order valence-corrected chi connectivity index (χ4v) is 1.79. The maximum Gasteiger partial charge on any atom is 0.0905 e. The molecule has 1 N–H and O–H groups in total. The number of hydrogen-bond acceptors (Lipinski definition) is 1. The zero-order valence-electron chi connectivity index (χ0n) is 8.80. The fourth-order valence-electron chi connectivity index (χ4n) is 1.79. The van der Waals surface area contributed by atoms with Crippen molar-refractivity contribution in [2.45, 2.75) is 45.3 Å². The number of quaternary nitrogens is 1. The Kier molecular flexibility index (Phi) is 2.50. The van der Waals surface area contributed by atoms with Gasteiger partial charge in [-0.3, -0.25) is 0 Å². The maximum absolute atomic E-state index is 9.40. The van der Waals surface area contributed by atoms with Gasteiger partial charge in [-0.15, -0.1) is 0 Å². The van der Waals surface area contributed by atoms with Crippen LogP contribution >= 0.6 is 0 Å². The van der Waals surface area contributed by atoms with Crippen LogP contribution in [0.25, 0.3) is 0 Å².